The minimum atomic E-state index is 0.101. The smallest absolute Gasteiger partial charge is 0.223 e. The number of nitrogens with zero attached hydrogens (tertiary/aromatic N) is 3. The van der Waals surface area contributed by atoms with Crippen LogP contribution in [0.4, 0.5) is 0 Å². The van der Waals surface area contributed by atoms with E-state index >= 15 is 0 Å². The molecule has 0 atom stereocenters. The standard InChI is InChI=1S/C18H28N4O3/c1-19-18(20-8-6-17(23)21(2)3)22-9-7-13-10-15(24-4)16(25-5)11-14(13)12-22/h10-11H,6-9,12H2,1-5H3,(H,19,20). The molecule has 0 aliphatic carbocycles. The number of rotatable bonds is 5. The molecule has 138 valence electrons. The number of fused-ring (bicyclic) bond motifs is 1. The van der Waals surface area contributed by atoms with Crippen molar-refractivity contribution in [3.8, 4) is 11.5 Å². The summed E-state index contributed by atoms with van der Waals surface area (Å²) in [5, 5.41) is 3.28. The van der Waals surface area contributed by atoms with Crippen LogP contribution in [0.3, 0.4) is 0 Å². The van der Waals surface area contributed by atoms with Gasteiger partial charge in [-0.15, -0.1) is 0 Å². The van der Waals surface area contributed by atoms with Gasteiger partial charge < -0.3 is 24.6 Å². The molecular weight excluding hydrogens is 320 g/mol. The van der Waals surface area contributed by atoms with Crippen molar-refractivity contribution in [2.45, 2.75) is 19.4 Å². The van der Waals surface area contributed by atoms with Crippen molar-refractivity contribution in [1.29, 1.82) is 0 Å². The Hall–Kier alpha value is -2.44. The first-order valence-corrected chi connectivity index (χ1v) is 8.39. The van der Waals surface area contributed by atoms with Gasteiger partial charge in [-0.25, -0.2) is 0 Å². The molecule has 0 radical (unpaired) electrons. The number of carbonyl (C=O) groups excluding carboxylic acids is 1. The van der Waals surface area contributed by atoms with Crippen molar-refractivity contribution in [3.63, 3.8) is 0 Å². The van der Waals surface area contributed by atoms with Crippen LogP contribution in [0.5, 0.6) is 11.5 Å². The third-order valence-corrected chi connectivity index (χ3v) is 4.35. The third-order valence-electron chi connectivity index (χ3n) is 4.35. The van der Waals surface area contributed by atoms with Gasteiger partial charge in [0.2, 0.25) is 5.91 Å². The molecule has 25 heavy (non-hydrogen) atoms. The van der Waals surface area contributed by atoms with Crippen molar-refractivity contribution in [2.24, 2.45) is 4.99 Å². The number of nitrogens with one attached hydrogen (secondary N) is 1. The van der Waals surface area contributed by atoms with Gasteiger partial charge in [-0.2, -0.15) is 0 Å². The zero-order valence-corrected chi connectivity index (χ0v) is 15.8. The Morgan fingerprint density at radius 3 is 2.44 bits per heavy atom. The van der Waals surface area contributed by atoms with E-state index in [0.717, 1.165) is 37.0 Å². The Morgan fingerprint density at radius 2 is 1.88 bits per heavy atom. The Bertz CT molecular complexity index is 643. The van der Waals surface area contributed by atoms with Crippen molar-refractivity contribution in [3.05, 3.63) is 23.3 Å². The van der Waals surface area contributed by atoms with E-state index in [1.54, 1.807) is 40.3 Å². The van der Waals surface area contributed by atoms with Gasteiger partial charge >= 0.3 is 0 Å². The van der Waals surface area contributed by atoms with Crippen LogP contribution in [0.2, 0.25) is 0 Å². The highest BCUT2D eigenvalue weighted by atomic mass is 16.5. The van der Waals surface area contributed by atoms with Gasteiger partial charge in [0.15, 0.2) is 17.5 Å². The summed E-state index contributed by atoms with van der Waals surface area (Å²) in [4.78, 5) is 19.8. The Kier molecular flexibility index (Phi) is 6.50. The van der Waals surface area contributed by atoms with Crippen molar-refractivity contribution in [1.82, 2.24) is 15.1 Å². The van der Waals surface area contributed by atoms with Gasteiger partial charge in [-0.05, 0) is 29.7 Å². The summed E-state index contributed by atoms with van der Waals surface area (Å²) in [7, 11) is 8.59. The molecule has 2 rings (SSSR count). The Balaban J connectivity index is 2.03. The van der Waals surface area contributed by atoms with Gasteiger partial charge in [-0.3, -0.25) is 9.79 Å². The van der Waals surface area contributed by atoms with Gasteiger partial charge in [0, 0.05) is 47.2 Å². The maximum Gasteiger partial charge on any atom is 0.223 e. The predicted octanol–water partition coefficient (Wildman–Crippen LogP) is 1.12. The summed E-state index contributed by atoms with van der Waals surface area (Å²) in [6.07, 6.45) is 1.36. The molecule has 0 bridgehead atoms. The first-order valence-electron chi connectivity index (χ1n) is 8.39. The number of amides is 1. The Morgan fingerprint density at radius 1 is 1.24 bits per heavy atom. The maximum absolute atomic E-state index is 11.7. The summed E-state index contributed by atoms with van der Waals surface area (Å²) in [5.74, 6) is 2.41. The minimum Gasteiger partial charge on any atom is -0.493 e. The van der Waals surface area contributed by atoms with Gasteiger partial charge in [0.1, 0.15) is 0 Å². The second-order valence-corrected chi connectivity index (χ2v) is 6.16. The number of hydrogen-bond donors (Lipinski definition) is 1. The molecule has 0 aromatic heterocycles. The first-order chi connectivity index (χ1) is 12.0. The van der Waals surface area contributed by atoms with E-state index in [1.807, 2.05) is 6.07 Å². The molecule has 1 aromatic carbocycles. The van der Waals surface area contributed by atoms with E-state index in [4.69, 9.17) is 9.47 Å². The van der Waals surface area contributed by atoms with Crippen molar-refractivity contribution in [2.75, 3.05) is 48.5 Å². The molecule has 1 N–H and O–H groups in total. The molecule has 0 spiro atoms. The SMILES string of the molecule is CN=C(NCCC(=O)N(C)C)N1CCc2cc(OC)c(OC)cc2C1. The van der Waals surface area contributed by atoms with E-state index in [-0.39, 0.29) is 5.91 Å². The van der Waals surface area contributed by atoms with Gasteiger partial charge in [0.25, 0.3) is 0 Å². The zero-order valence-electron chi connectivity index (χ0n) is 15.8. The second-order valence-electron chi connectivity index (χ2n) is 6.16. The van der Waals surface area contributed by atoms with Gasteiger partial charge in [0.05, 0.1) is 14.2 Å². The maximum atomic E-state index is 11.7. The fourth-order valence-electron chi connectivity index (χ4n) is 2.90. The third kappa shape index (κ3) is 4.55. The lowest BCUT2D eigenvalue weighted by molar-refractivity contribution is -0.128. The van der Waals surface area contributed by atoms with Crippen molar-refractivity contribution >= 4 is 11.9 Å². The molecule has 1 aliphatic rings. The lowest BCUT2D eigenvalue weighted by atomic mass is 9.99. The fraction of sp³-hybridized carbons (Fsp3) is 0.556. The van der Waals surface area contributed by atoms with E-state index in [2.05, 4.69) is 21.3 Å². The predicted molar refractivity (Wildman–Crippen MR) is 98.3 cm³/mol. The van der Waals surface area contributed by atoms with Crippen LogP contribution in [0.15, 0.2) is 17.1 Å². The lowest BCUT2D eigenvalue weighted by Gasteiger charge is -2.32. The topological polar surface area (TPSA) is 66.4 Å². The van der Waals surface area contributed by atoms with Crippen molar-refractivity contribution < 1.29 is 14.3 Å². The number of benzene rings is 1. The molecule has 0 saturated heterocycles. The molecule has 1 aliphatic heterocycles. The van der Waals surface area contributed by atoms with E-state index in [1.165, 1.54) is 11.1 Å². The summed E-state index contributed by atoms with van der Waals surface area (Å²) < 4.78 is 10.8. The monoisotopic (exact) mass is 348 g/mol. The summed E-state index contributed by atoms with van der Waals surface area (Å²) in [5.41, 5.74) is 2.48. The number of carbonyl (C=O) groups is 1. The fourth-order valence-corrected chi connectivity index (χ4v) is 2.90. The van der Waals surface area contributed by atoms with E-state index in [9.17, 15) is 4.79 Å². The van der Waals surface area contributed by atoms with E-state index < -0.39 is 0 Å². The summed E-state index contributed by atoms with van der Waals surface area (Å²) in [6.45, 7) is 2.18. The number of hydrogen-bond acceptors (Lipinski definition) is 4. The molecule has 0 fully saturated rings. The molecular formula is C18H28N4O3. The van der Waals surface area contributed by atoms with Crippen LogP contribution in [0.1, 0.15) is 17.5 Å². The van der Waals surface area contributed by atoms with Crippen LogP contribution >= 0.6 is 0 Å². The average molecular weight is 348 g/mol. The summed E-state index contributed by atoms with van der Waals surface area (Å²) >= 11 is 0. The number of ether oxygens (including phenoxy) is 2. The zero-order chi connectivity index (χ0) is 18.4. The second kappa shape index (κ2) is 8.60. The quantitative estimate of drug-likeness (QED) is 0.638. The highest BCUT2D eigenvalue weighted by Gasteiger charge is 2.21. The number of guanidine groups is 1. The highest BCUT2D eigenvalue weighted by molar-refractivity contribution is 5.81. The summed E-state index contributed by atoms with van der Waals surface area (Å²) in [6, 6.07) is 4.08. The molecule has 1 aromatic rings. The molecule has 0 saturated carbocycles. The largest absolute Gasteiger partial charge is 0.493 e. The molecule has 7 heteroatoms. The highest BCUT2D eigenvalue weighted by Crippen LogP contribution is 2.33. The van der Waals surface area contributed by atoms with Crippen LogP contribution in [0, 0.1) is 0 Å². The van der Waals surface area contributed by atoms with Crippen LogP contribution < -0.4 is 14.8 Å². The number of aliphatic imine (C=N–C) groups is 1. The molecule has 1 amide bonds. The van der Waals surface area contributed by atoms with Crippen LogP contribution in [-0.4, -0.2) is 70.1 Å². The number of methoxy groups -OCH3 is 2. The average Bonchev–Trinajstić information content (AvgIpc) is 2.63. The lowest BCUT2D eigenvalue weighted by Crippen LogP contribution is -2.44. The first kappa shape index (κ1) is 18.9. The molecule has 7 nitrogen and oxygen atoms in total. The van der Waals surface area contributed by atoms with E-state index in [0.29, 0.717) is 13.0 Å². The molecule has 1 heterocycles. The normalized spacial score (nSPS) is 14.0. The Labute approximate surface area is 149 Å². The molecule has 0 unspecified atom stereocenters. The van der Waals surface area contributed by atoms with Gasteiger partial charge in [-0.1, -0.05) is 0 Å². The van der Waals surface area contributed by atoms with Crippen LogP contribution in [-0.2, 0) is 17.8 Å². The van der Waals surface area contributed by atoms with Crippen LogP contribution in [0.25, 0.3) is 0 Å². The minimum absolute atomic E-state index is 0.101.